The molecule has 1 aliphatic carbocycles. The number of sulfone groups is 1. The summed E-state index contributed by atoms with van der Waals surface area (Å²) in [6.07, 6.45) is 5.76. The highest BCUT2D eigenvalue weighted by Crippen LogP contribution is 2.34. The molecule has 0 aromatic carbocycles. The smallest absolute Gasteiger partial charge is 0.237 e. The van der Waals surface area contributed by atoms with Crippen LogP contribution in [0, 0.1) is 5.92 Å². The Labute approximate surface area is 109 Å². The zero-order valence-electron chi connectivity index (χ0n) is 11.2. The number of carbonyl (C=O) groups excluding carboxylic acids is 1. The molecule has 1 rings (SSSR count). The van der Waals surface area contributed by atoms with Crippen molar-refractivity contribution in [3.05, 3.63) is 0 Å². The van der Waals surface area contributed by atoms with Crippen molar-refractivity contribution in [2.45, 2.75) is 51.1 Å². The molecule has 0 aromatic rings. The van der Waals surface area contributed by atoms with Gasteiger partial charge in [-0.2, -0.15) is 0 Å². The van der Waals surface area contributed by atoms with E-state index in [4.69, 9.17) is 5.73 Å². The third kappa shape index (κ3) is 6.35. The average molecular weight is 276 g/mol. The van der Waals surface area contributed by atoms with Crippen molar-refractivity contribution in [1.82, 2.24) is 5.32 Å². The minimum Gasteiger partial charge on any atom is -0.352 e. The van der Waals surface area contributed by atoms with E-state index in [0.29, 0.717) is 0 Å². The molecule has 2 atom stereocenters. The van der Waals surface area contributed by atoms with Crippen molar-refractivity contribution in [3.63, 3.8) is 0 Å². The first-order chi connectivity index (χ1) is 8.31. The molecular formula is C12H24N2O3S. The number of rotatable bonds is 8. The van der Waals surface area contributed by atoms with Gasteiger partial charge in [0.05, 0.1) is 11.8 Å². The lowest BCUT2D eigenvalue weighted by atomic mass is 10.1. The van der Waals surface area contributed by atoms with Gasteiger partial charge >= 0.3 is 0 Å². The predicted octanol–water partition coefficient (Wildman–Crippen LogP) is 0.443. The van der Waals surface area contributed by atoms with Crippen molar-refractivity contribution in [3.8, 4) is 0 Å². The molecule has 0 saturated heterocycles. The van der Waals surface area contributed by atoms with Gasteiger partial charge in [0.2, 0.25) is 5.91 Å². The minimum absolute atomic E-state index is 0.0407. The van der Waals surface area contributed by atoms with Gasteiger partial charge in [0, 0.05) is 12.3 Å². The van der Waals surface area contributed by atoms with E-state index in [1.807, 2.05) is 6.92 Å². The van der Waals surface area contributed by atoms with Crippen LogP contribution >= 0.6 is 0 Å². The summed E-state index contributed by atoms with van der Waals surface area (Å²) in [6, 6.07) is -0.553. The summed E-state index contributed by atoms with van der Waals surface area (Å²) in [5.41, 5.74) is 5.70. The lowest BCUT2D eigenvalue weighted by Gasteiger charge is -2.19. The largest absolute Gasteiger partial charge is 0.352 e. The molecule has 1 amide bonds. The highest BCUT2D eigenvalue weighted by molar-refractivity contribution is 7.90. The molecule has 0 aromatic heterocycles. The monoisotopic (exact) mass is 276 g/mol. The molecule has 18 heavy (non-hydrogen) atoms. The number of hydrogen-bond acceptors (Lipinski definition) is 4. The SMILES string of the molecule is CCC(CC1CC1)NC(=O)C(N)CCS(C)(=O)=O. The van der Waals surface area contributed by atoms with Crippen LogP contribution in [-0.4, -0.2) is 38.4 Å². The van der Waals surface area contributed by atoms with Crippen molar-refractivity contribution < 1.29 is 13.2 Å². The molecule has 0 aliphatic heterocycles. The fourth-order valence-corrected chi connectivity index (χ4v) is 2.55. The Hall–Kier alpha value is -0.620. The maximum absolute atomic E-state index is 11.8. The summed E-state index contributed by atoms with van der Waals surface area (Å²) in [6.45, 7) is 2.04. The predicted molar refractivity (Wildman–Crippen MR) is 71.9 cm³/mol. The van der Waals surface area contributed by atoms with Gasteiger partial charge in [0.15, 0.2) is 0 Å². The second-order valence-corrected chi connectivity index (χ2v) is 7.58. The molecule has 1 saturated carbocycles. The molecule has 6 heteroatoms. The van der Waals surface area contributed by atoms with E-state index in [9.17, 15) is 13.2 Å². The van der Waals surface area contributed by atoms with Gasteiger partial charge in [0.1, 0.15) is 9.84 Å². The third-order valence-corrected chi connectivity index (χ3v) is 4.27. The van der Waals surface area contributed by atoms with E-state index >= 15 is 0 Å². The highest BCUT2D eigenvalue weighted by atomic mass is 32.2. The van der Waals surface area contributed by atoms with Gasteiger partial charge in [-0.05, 0) is 25.2 Å². The van der Waals surface area contributed by atoms with Gasteiger partial charge in [0.25, 0.3) is 0 Å². The van der Waals surface area contributed by atoms with Crippen LogP contribution in [0.4, 0.5) is 0 Å². The zero-order valence-corrected chi connectivity index (χ0v) is 12.0. The molecule has 0 bridgehead atoms. The quantitative estimate of drug-likeness (QED) is 0.673. The average Bonchev–Trinajstić information content (AvgIpc) is 3.07. The molecular weight excluding hydrogens is 252 g/mol. The lowest BCUT2D eigenvalue weighted by molar-refractivity contribution is -0.123. The number of hydrogen-bond donors (Lipinski definition) is 2. The second-order valence-electron chi connectivity index (χ2n) is 5.32. The fraction of sp³-hybridized carbons (Fsp3) is 0.917. The van der Waals surface area contributed by atoms with Crippen LogP contribution in [0.2, 0.25) is 0 Å². The molecule has 5 nitrogen and oxygen atoms in total. The van der Waals surface area contributed by atoms with E-state index in [2.05, 4.69) is 5.32 Å². The Morgan fingerprint density at radius 3 is 2.50 bits per heavy atom. The maximum atomic E-state index is 11.8. The van der Waals surface area contributed by atoms with Gasteiger partial charge in [-0.15, -0.1) is 0 Å². The molecule has 1 aliphatic rings. The molecule has 0 heterocycles. The van der Waals surface area contributed by atoms with E-state index in [0.717, 1.165) is 25.0 Å². The number of nitrogens with one attached hydrogen (secondary N) is 1. The van der Waals surface area contributed by atoms with Crippen LogP contribution in [0.25, 0.3) is 0 Å². The summed E-state index contributed by atoms with van der Waals surface area (Å²) in [5, 5.41) is 2.92. The van der Waals surface area contributed by atoms with E-state index in [1.165, 1.54) is 12.8 Å². The van der Waals surface area contributed by atoms with Gasteiger partial charge < -0.3 is 11.1 Å². The van der Waals surface area contributed by atoms with Crippen LogP contribution < -0.4 is 11.1 Å². The van der Waals surface area contributed by atoms with E-state index in [-0.39, 0.29) is 24.1 Å². The molecule has 106 valence electrons. The van der Waals surface area contributed by atoms with Gasteiger partial charge in [-0.25, -0.2) is 8.42 Å². The Morgan fingerprint density at radius 2 is 2.06 bits per heavy atom. The fourth-order valence-electron chi connectivity index (χ4n) is 1.86. The van der Waals surface area contributed by atoms with Crippen molar-refractivity contribution in [1.29, 1.82) is 0 Å². The summed E-state index contributed by atoms with van der Waals surface area (Å²) < 4.78 is 22.0. The Bertz CT molecular complexity index is 377. The first kappa shape index (κ1) is 15.4. The molecule has 2 unspecified atom stereocenters. The minimum atomic E-state index is -3.06. The van der Waals surface area contributed by atoms with E-state index in [1.54, 1.807) is 0 Å². The van der Waals surface area contributed by atoms with Gasteiger partial charge in [-0.1, -0.05) is 19.8 Å². The Kier molecular flexibility index (Phi) is 5.59. The van der Waals surface area contributed by atoms with Crippen LogP contribution in [0.3, 0.4) is 0 Å². The molecule has 0 radical (unpaired) electrons. The number of nitrogens with two attached hydrogens (primary N) is 1. The van der Waals surface area contributed by atoms with Gasteiger partial charge in [-0.3, -0.25) is 4.79 Å². The standard InChI is InChI=1S/C12H24N2O3S/c1-3-10(8-9-4-5-9)14-12(15)11(13)6-7-18(2,16)17/h9-11H,3-8,13H2,1-2H3,(H,14,15). The summed E-state index contributed by atoms with van der Waals surface area (Å²) in [4.78, 5) is 11.8. The van der Waals surface area contributed by atoms with E-state index < -0.39 is 15.9 Å². The second kappa shape index (κ2) is 6.52. The number of carbonyl (C=O) groups is 1. The zero-order chi connectivity index (χ0) is 13.8. The van der Waals surface area contributed by atoms with Crippen LogP contribution in [0.1, 0.15) is 39.0 Å². The maximum Gasteiger partial charge on any atom is 0.237 e. The molecule has 1 fully saturated rings. The van der Waals surface area contributed by atoms with Crippen LogP contribution in [0.15, 0.2) is 0 Å². The molecule has 0 spiro atoms. The topological polar surface area (TPSA) is 89.3 Å². The summed E-state index contributed by atoms with van der Waals surface area (Å²) in [7, 11) is -3.06. The van der Waals surface area contributed by atoms with Crippen molar-refractivity contribution >= 4 is 15.7 Å². The third-order valence-electron chi connectivity index (χ3n) is 3.29. The first-order valence-electron chi connectivity index (χ1n) is 6.55. The highest BCUT2D eigenvalue weighted by Gasteiger charge is 2.26. The lowest BCUT2D eigenvalue weighted by Crippen LogP contribution is -2.46. The number of amides is 1. The van der Waals surface area contributed by atoms with Crippen molar-refractivity contribution in [2.75, 3.05) is 12.0 Å². The summed E-state index contributed by atoms with van der Waals surface area (Å²) in [5.74, 6) is 0.481. The molecule has 3 N–H and O–H groups in total. The van der Waals surface area contributed by atoms with Crippen molar-refractivity contribution in [2.24, 2.45) is 11.7 Å². The van der Waals surface area contributed by atoms with Crippen LogP contribution in [0.5, 0.6) is 0 Å². The normalized spacial score (nSPS) is 19.3. The Morgan fingerprint density at radius 1 is 1.44 bits per heavy atom. The van der Waals surface area contributed by atoms with Crippen LogP contribution in [-0.2, 0) is 14.6 Å². The first-order valence-corrected chi connectivity index (χ1v) is 8.61. The summed E-state index contributed by atoms with van der Waals surface area (Å²) >= 11 is 0. The Balaban J connectivity index is 2.32.